The number of hydrogen-bond acceptors (Lipinski definition) is 4. The first-order valence-electron chi connectivity index (χ1n) is 9.13. The number of fused-ring (bicyclic) bond motifs is 1. The molecule has 1 atom stereocenters. The molecular weight excluding hydrogens is 383 g/mol. The third-order valence-corrected chi connectivity index (χ3v) is 5.35. The topological polar surface area (TPSA) is 60.2 Å². The minimum absolute atomic E-state index is 0.0472. The Balaban J connectivity index is 1.58. The third kappa shape index (κ3) is 3.47. The fourth-order valence-electron chi connectivity index (χ4n) is 3.66. The van der Waals surface area contributed by atoms with Crippen LogP contribution in [0.2, 0.25) is 5.02 Å². The van der Waals surface area contributed by atoms with Crippen molar-refractivity contribution < 1.29 is 13.9 Å². The number of ether oxygens (including phenoxy) is 1. The second-order valence-electron chi connectivity index (χ2n) is 6.83. The van der Waals surface area contributed by atoms with Crippen LogP contribution in [-0.2, 0) is 11.3 Å². The quantitative estimate of drug-likeness (QED) is 0.655. The first-order chi connectivity index (χ1) is 13.6. The molecule has 1 fully saturated rings. The van der Waals surface area contributed by atoms with Gasteiger partial charge in [-0.2, -0.15) is 0 Å². The van der Waals surface area contributed by atoms with Gasteiger partial charge in [-0.05, 0) is 36.8 Å². The molecule has 1 aromatic carbocycles. The smallest absolute Gasteiger partial charge is 0.253 e. The zero-order valence-corrected chi connectivity index (χ0v) is 16.2. The highest BCUT2D eigenvalue weighted by atomic mass is 35.5. The Bertz CT molecular complexity index is 1020. The lowest BCUT2D eigenvalue weighted by Gasteiger charge is -2.17. The molecular formula is C20H20ClFN4O2. The summed E-state index contributed by atoms with van der Waals surface area (Å²) in [5.74, 6) is 0.336. The van der Waals surface area contributed by atoms with Crippen LogP contribution >= 0.6 is 11.6 Å². The van der Waals surface area contributed by atoms with Crippen LogP contribution in [-0.4, -0.2) is 52.1 Å². The largest absolute Gasteiger partial charge is 0.383 e. The number of halogens is 2. The molecule has 0 aliphatic carbocycles. The number of hydrogen-bond donors (Lipinski definition) is 0. The van der Waals surface area contributed by atoms with E-state index in [0.29, 0.717) is 31.8 Å². The summed E-state index contributed by atoms with van der Waals surface area (Å²) in [7, 11) is 1.66. The van der Waals surface area contributed by atoms with Gasteiger partial charge in [0.25, 0.3) is 5.91 Å². The average molecular weight is 403 g/mol. The number of likely N-dealkylation sites (tertiary alicyclic amines) is 1. The first kappa shape index (κ1) is 18.8. The third-order valence-electron chi connectivity index (χ3n) is 5.06. The molecule has 1 aliphatic heterocycles. The minimum Gasteiger partial charge on any atom is -0.383 e. The van der Waals surface area contributed by atoms with Crippen LogP contribution in [0, 0.1) is 5.82 Å². The van der Waals surface area contributed by atoms with Crippen LogP contribution in [0.25, 0.3) is 11.2 Å². The number of methoxy groups -OCH3 is 1. The summed E-state index contributed by atoms with van der Waals surface area (Å²) in [5.41, 5.74) is 2.05. The normalized spacial score (nSPS) is 16.8. The van der Waals surface area contributed by atoms with Crippen LogP contribution < -0.4 is 0 Å². The van der Waals surface area contributed by atoms with E-state index in [1.54, 1.807) is 18.2 Å². The van der Waals surface area contributed by atoms with E-state index in [0.717, 1.165) is 23.4 Å². The minimum atomic E-state index is -0.531. The molecule has 3 aromatic rings. The Morgan fingerprint density at radius 2 is 2.25 bits per heavy atom. The summed E-state index contributed by atoms with van der Waals surface area (Å²) in [6.07, 6.45) is 2.55. The van der Waals surface area contributed by atoms with Crippen molar-refractivity contribution in [3.05, 3.63) is 58.8 Å². The van der Waals surface area contributed by atoms with E-state index in [-0.39, 0.29) is 16.8 Å². The van der Waals surface area contributed by atoms with Gasteiger partial charge < -0.3 is 14.2 Å². The molecule has 0 spiro atoms. The van der Waals surface area contributed by atoms with Gasteiger partial charge in [-0.1, -0.05) is 11.6 Å². The number of nitrogens with zero attached hydrogens (tertiary/aromatic N) is 4. The fraction of sp³-hybridized carbons (Fsp3) is 0.350. The van der Waals surface area contributed by atoms with Gasteiger partial charge in [-0.25, -0.2) is 14.4 Å². The van der Waals surface area contributed by atoms with Crippen molar-refractivity contribution >= 4 is 28.7 Å². The monoisotopic (exact) mass is 402 g/mol. The molecule has 1 saturated heterocycles. The Kier molecular flexibility index (Phi) is 5.28. The number of carbonyl (C=O) groups is 1. The molecule has 1 aliphatic rings. The molecule has 1 unspecified atom stereocenters. The number of rotatable bonds is 5. The second kappa shape index (κ2) is 7.85. The van der Waals surface area contributed by atoms with Gasteiger partial charge in [0, 0.05) is 44.4 Å². The summed E-state index contributed by atoms with van der Waals surface area (Å²) < 4.78 is 20.7. The van der Waals surface area contributed by atoms with Gasteiger partial charge in [0.15, 0.2) is 5.65 Å². The Morgan fingerprint density at radius 1 is 1.39 bits per heavy atom. The summed E-state index contributed by atoms with van der Waals surface area (Å²) >= 11 is 5.83. The number of benzene rings is 1. The second-order valence-corrected chi connectivity index (χ2v) is 7.23. The lowest BCUT2D eigenvalue weighted by atomic mass is 10.1. The number of aromatic nitrogens is 3. The summed E-state index contributed by atoms with van der Waals surface area (Å²) in [6.45, 7) is 2.36. The van der Waals surface area contributed by atoms with Gasteiger partial charge in [-0.15, -0.1) is 0 Å². The van der Waals surface area contributed by atoms with E-state index in [9.17, 15) is 9.18 Å². The van der Waals surface area contributed by atoms with Crippen molar-refractivity contribution in [1.82, 2.24) is 19.4 Å². The molecule has 146 valence electrons. The zero-order valence-electron chi connectivity index (χ0n) is 15.4. The van der Waals surface area contributed by atoms with Gasteiger partial charge in [0.05, 0.1) is 11.6 Å². The molecule has 2 aromatic heterocycles. The number of carbonyl (C=O) groups excluding carboxylic acids is 1. The number of amides is 1. The highest BCUT2D eigenvalue weighted by molar-refractivity contribution is 6.31. The Labute approximate surface area is 166 Å². The van der Waals surface area contributed by atoms with E-state index in [1.165, 1.54) is 18.2 Å². The standard InChI is InChI=1S/C20H20ClFN4O2/c1-28-10-9-26-18(24-17-3-2-7-23-19(17)26)14-6-8-25(12-14)20(27)13-4-5-16(22)15(21)11-13/h2-5,7,11,14H,6,8-10,12H2,1H3. The highest BCUT2D eigenvalue weighted by Crippen LogP contribution is 2.30. The van der Waals surface area contributed by atoms with Crippen molar-refractivity contribution in [2.45, 2.75) is 18.9 Å². The zero-order chi connectivity index (χ0) is 19.7. The van der Waals surface area contributed by atoms with Crippen LogP contribution in [0.3, 0.4) is 0 Å². The van der Waals surface area contributed by atoms with E-state index in [1.807, 2.05) is 12.1 Å². The summed E-state index contributed by atoms with van der Waals surface area (Å²) in [6, 6.07) is 7.87. The molecule has 0 radical (unpaired) electrons. The fourth-order valence-corrected chi connectivity index (χ4v) is 3.84. The number of pyridine rings is 1. The molecule has 8 heteroatoms. The molecule has 0 N–H and O–H groups in total. The summed E-state index contributed by atoms with van der Waals surface area (Å²) in [4.78, 5) is 23.8. The highest BCUT2D eigenvalue weighted by Gasteiger charge is 2.31. The Morgan fingerprint density at radius 3 is 3.04 bits per heavy atom. The van der Waals surface area contributed by atoms with Gasteiger partial charge >= 0.3 is 0 Å². The molecule has 28 heavy (non-hydrogen) atoms. The van der Waals surface area contributed by atoms with E-state index in [2.05, 4.69) is 9.55 Å². The first-order valence-corrected chi connectivity index (χ1v) is 9.50. The van der Waals surface area contributed by atoms with E-state index >= 15 is 0 Å². The molecule has 3 heterocycles. The van der Waals surface area contributed by atoms with E-state index in [4.69, 9.17) is 21.3 Å². The van der Waals surface area contributed by atoms with Gasteiger partial charge in [0.2, 0.25) is 0 Å². The SMILES string of the molecule is COCCn1c(C2CCN(C(=O)c3ccc(F)c(Cl)c3)C2)nc2cccnc21. The maximum Gasteiger partial charge on any atom is 0.253 e. The molecule has 0 bridgehead atoms. The van der Waals surface area contributed by atoms with Crippen LogP contribution in [0.5, 0.6) is 0 Å². The predicted octanol–water partition coefficient (Wildman–Crippen LogP) is 3.50. The predicted molar refractivity (Wildman–Crippen MR) is 104 cm³/mol. The molecule has 6 nitrogen and oxygen atoms in total. The number of imidazole rings is 1. The Hall–Kier alpha value is -2.51. The maximum absolute atomic E-state index is 13.4. The lowest BCUT2D eigenvalue weighted by Crippen LogP contribution is -2.28. The van der Waals surface area contributed by atoms with Crippen molar-refractivity contribution in [3.8, 4) is 0 Å². The van der Waals surface area contributed by atoms with Gasteiger partial charge in [0.1, 0.15) is 17.2 Å². The van der Waals surface area contributed by atoms with Crippen molar-refractivity contribution in [2.75, 3.05) is 26.8 Å². The van der Waals surface area contributed by atoms with Crippen LogP contribution in [0.1, 0.15) is 28.5 Å². The maximum atomic E-state index is 13.4. The average Bonchev–Trinajstić information content (AvgIpc) is 3.32. The molecule has 4 rings (SSSR count). The van der Waals surface area contributed by atoms with Crippen LogP contribution in [0.4, 0.5) is 4.39 Å². The molecule has 1 amide bonds. The van der Waals surface area contributed by atoms with Crippen molar-refractivity contribution in [3.63, 3.8) is 0 Å². The van der Waals surface area contributed by atoms with E-state index < -0.39 is 5.82 Å². The van der Waals surface area contributed by atoms with Crippen molar-refractivity contribution in [2.24, 2.45) is 0 Å². The summed E-state index contributed by atoms with van der Waals surface area (Å²) in [5, 5.41) is -0.0472. The lowest BCUT2D eigenvalue weighted by molar-refractivity contribution is 0.0790. The van der Waals surface area contributed by atoms with Gasteiger partial charge in [-0.3, -0.25) is 4.79 Å². The van der Waals surface area contributed by atoms with Crippen molar-refractivity contribution in [1.29, 1.82) is 0 Å². The van der Waals surface area contributed by atoms with Crippen LogP contribution in [0.15, 0.2) is 36.5 Å². The molecule has 0 saturated carbocycles.